The van der Waals surface area contributed by atoms with Gasteiger partial charge in [0.15, 0.2) is 0 Å². The number of aryl methyl sites for hydroxylation is 2. The topological polar surface area (TPSA) is 74.7 Å². The Labute approximate surface area is 147 Å². The first-order chi connectivity index (χ1) is 12.2. The van der Waals surface area contributed by atoms with E-state index >= 15 is 0 Å². The Hall–Kier alpha value is -2.25. The van der Waals surface area contributed by atoms with E-state index in [0.29, 0.717) is 18.7 Å². The van der Waals surface area contributed by atoms with E-state index in [1.165, 1.54) is 12.0 Å². The van der Waals surface area contributed by atoms with Gasteiger partial charge < -0.3 is 10.1 Å². The van der Waals surface area contributed by atoms with Gasteiger partial charge in [0.05, 0.1) is 30.7 Å². The van der Waals surface area contributed by atoms with E-state index in [9.17, 15) is 0 Å². The molecule has 0 spiro atoms. The van der Waals surface area contributed by atoms with Gasteiger partial charge in [-0.25, -0.2) is 15.0 Å². The highest BCUT2D eigenvalue weighted by Crippen LogP contribution is 2.18. The quantitative estimate of drug-likeness (QED) is 0.890. The molecule has 0 unspecified atom stereocenters. The van der Waals surface area contributed by atoms with Crippen molar-refractivity contribution < 1.29 is 4.74 Å². The van der Waals surface area contributed by atoms with Gasteiger partial charge in [-0.05, 0) is 38.3 Å². The van der Waals surface area contributed by atoms with Crippen LogP contribution in [0.1, 0.15) is 24.1 Å². The maximum atomic E-state index is 5.69. The average molecular weight is 340 g/mol. The number of aliphatic imine (C=N–C) groups is 1. The van der Waals surface area contributed by atoms with E-state index in [2.05, 4.69) is 55.6 Å². The van der Waals surface area contributed by atoms with Crippen LogP contribution in [0.25, 0.3) is 10.9 Å². The molecule has 0 radical (unpaired) electrons. The van der Waals surface area contributed by atoms with Crippen LogP contribution in [-0.4, -0.2) is 53.4 Å². The average Bonchev–Trinajstić information content (AvgIpc) is 3.09. The van der Waals surface area contributed by atoms with Gasteiger partial charge in [0.1, 0.15) is 0 Å². The maximum absolute atomic E-state index is 5.69. The molecule has 0 bridgehead atoms. The highest BCUT2D eigenvalue weighted by Gasteiger charge is 2.21. The third kappa shape index (κ3) is 3.72. The monoisotopic (exact) mass is 340 g/mol. The molecule has 3 heterocycles. The molecule has 2 aliphatic heterocycles. The predicted octanol–water partition coefficient (Wildman–Crippen LogP) is 2.01. The Bertz CT molecular complexity index is 799. The minimum Gasteiger partial charge on any atom is -0.377 e. The predicted molar refractivity (Wildman–Crippen MR) is 98.6 cm³/mol. The van der Waals surface area contributed by atoms with Gasteiger partial charge in [0.2, 0.25) is 11.9 Å². The second-order valence-corrected chi connectivity index (χ2v) is 6.75. The third-order valence-corrected chi connectivity index (χ3v) is 4.66. The molecule has 0 aliphatic carbocycles. The van der Waals surface area contributed by atoms with Gasteiger partial charge in [-0.2, -0.15) is 0 Å². The zero-order valence-corrected chi connectivity index (χ0v) is 14.7. The maximum Gasteiger partial charge on any atom is 0.230 e. The van der Waals surface area contributed by atoms with Gasteiger partial charge in [-0.15, -0.1) is 0 Å². The van der Waals surface area contributed by atoms with Crippen molar-refractivity contribution in [3.63, 3.8) is 0 Å². The number of hydrogen-bond acceptors (Lipinski definition) is 7. The summed E-state index contributed by atoms with van der Waals surface area (Å²) in [6.45, 7) is 7.29. The molecule has 7 nitrogen and oxygen atoms in total. The lowest BCUT2D eigenvalue weighted by molar-refractivity contribution is 0.0715. The summed E-state index contributed by atoms with van der Waals surface area (Å²) < 4.78 is 5.69. The number of ether oxygens (including phenoxy) is 1. The lowest BCUT2D eigenvalue weighted by Gasteiger charge is -2.28. The SMILES string of the molecule is Cc1ccc2c(C)nc(NC3=NCN(C[C@H]4CCCO4)CN3)nc2c1. The molecule has 132 valence electrons. The summed E-state index contributed by atoms with van der Waals surface area (Å²) in [6.07, 6.45) is 2.66. The first-order valence-corrected chi connectivity index (χ1v) is 8.82. The van der Waals surface area contributed by atoms with Crippen molar-refractivity contribution in [1.82, 2.24) is 20.2 Å². The molecule has 1 aromatic heterocycles. The van der Waals surface area contributed by atoms with Gasteiger partial charge in [0.25, 0.3) is 0 Å². The van der Waals surface area contributed by atoms with E-state index in [-0.39, 0.29) is 0 Å². The molecular weight excluding hydrogens is 316 g/mol. The van der Waals surface area contributed by atoms with E-state index in [1.807, 2.05) is 6.92 Å². The van der Waals surface area contributed by atoms with Crippen molar-refractivity contribution in [3.8, 4) is 0 Å². The van der Waals surface area contributed by atoms with Crippen LogP contribution in [0.15, 0.2) is 23.2 Å². The molecule has 4 rings (SSSR count). The van der Waals surface area contributed by atoms with Crippen molar-refractivity contribution in [2.24, 2.45) is 4.99 Å². The number of fused-ring (bicyclic) bond motifs is 1. The fourth-order valence-corrected chi connectivity index (χ4v) is 3.31. The number of benzene rings is 1. The molecule has 0 saturated carbocycles. The first-order valence-electron chi connectivity index (χ1n) is 8.82. The largest absolute Gasteiger partial charge is 0.377 e. The molecule has 1 atom stereocenters. The highest BCUT2D eigenvalue weighted by molar-refractivity contribution is 5.93. The van der Waals surface area contributed by atoms with E-state index in [0.717, 1.165) is 48.8 Å². The van der Waals surface area contributed by atoms with Crippen molar-refractivity contribution in [2.45, 2.75) is 32.8 Å². The summed E-state index contributed by atoms with van der Waals surface area (Å²) in [5.74, 6) is 1.30. The smallest absolute Gasteiger partial charge is 0.230 e. The van der Waals surface area contributed by atoms with Crippen molar-refractivity contribution in [2.75, 3.05) is 31.8 Å². The molecule has 2 aromatic rings. The summed E-state index contributed by atoms with van der Waals surface area (Å²) in [4.78, 5) is 16.0. The van der Waals surface area contributed by atoms with Crippen LogP contribution in [0.4, 0.5) is 5.95 Å². The number of aromatic nitrogens is 2. The minimum atomic E-state index is 0.348. The summed E-state index contributed by atoms with van der Waals surface area (Å²) in [7, 11) is 0. The number of hydrogen-bond donors (Lipinski definition) is 2. The first kappa shape index (κ1) is 16.2. The van der Waals surface area contributed by atoms with Crippen molar-refractivity contribution in [1.29, 1.82) is 0 Å². The molecule has 0 amide bonds. The number of guanidine groups is 1. The van der Waals surface area contributed by atoms with Crippen LogP contribution >= 0.6 is 0 Å². The van der Waals surface area contributed by atoms with Crippen LogP contribution in [0.5, 0.6) is 0 Å². The van der Waals surface area contributed by atoms with Gasteiger partial charge in [0, 0.05) is 18.5 Å². The second kappa shape index (κ2) is 6.93. The molecule has 2 aliphatic rings. The van der Waals surface area contributed by atoms with Crippen LogP contribution in [0, 0.1) is 13.8 Å². The van der Waals surface area contributed by atoms with Gasteiger partial charge in [-0.1, -0.05) is 12.1 Å². The zero-order valence-electron chi connectivity index (χ0n) is 14.7. The summed E-state index contributed by atoms with van der Waals surface area (Å²) >= 11 is 0. The number of nitrogens with one attached hydrogen (secondary N) is 2. The molecule has 7 heteroatoms. The third-order valence-electron chi connectivity index (χ3n) is 4.66. The fourth-order valence-electron chi connectivity index (χ4n) is 3.31. The van der Waals surface area contributed by atoms with Gasteiger partial charge >= 0.3 is 0 Å². The lowest BCUT2D eigenvalue weighted by Crippen LogP contribution is -2.48. The Morgan fingerprint density at radius 3 is 3.00 bits per heavy atom. The van der Waals surface area contributed by atoms with Crippen LogP contribution in [0.3, 0.4) is 0 Å². The Morgan fingerprint density at radius 2 is 2.24 bits per heavy atom. The Balaban J connectivity index is 1.43. The van der Waals surface area contributed by atoms with Crippen LogP contribution < -0.4 is 10.6 Å². The Kier molecular flexibility index (Phi) is 4.50. The number of nitrogens with zero attached hydrogens (tertiary/aromatic N) is 4. The molecule has 1 fully saturated rings. The second-order valence-electron chi connectivity index (χ2n) is 6.75. The lowest BCUT2D eigenvalue weighted by atomic mass is 10.1. The summed E-state index contributed by atoms with van der Waals surface area (Å²) in [6, 6.07) is 6.24. The van der Waals surface area contributed by atoms with E-state index in [1.54, 1.807) is 0 Å². The molecule has 1 aromatic carbocycles. The molecule has 1 saturated heterocycles. The molecule has 2 N–H and O–H groups in total. The van der Waals surface area contributed by atoms with E-state index < -0.39 is 0 Å². The van der Waals surface area contributed by atoms with Crippen LogP contribution in [0.2, 0.25) is 0 Å². The highest BCUT2D eigenvalue weighted by atomic mass is 16.5. The summed E-state index contributed by atoms with van der Waals surface area (Å²) in [5.41, 5.74) is 3.10. The molecule has 25 heavy (non-hydrogen) atoms. The fraction of sp³-hybridized carbons (Fsp3) is 0.500. The Morgan fingerprint density at radius 1 is 1.32 bits per heavy atom. The number of rotatable bonds is 3. The van der Waals surface area contributed by atoms with Crippen molar-refractivity contribution in [3.05, 3.63) is 29.5 Å². The van der Waals surface area contributed by atoms with Crippen molar-refractivity contribution >= 4 is 22.8 Å². The minimum absolute atomic E-state index is 0.348. The normalized spacial score (nSPS) is 21.2. The zero-order chi connectivity index (χ0) is 17.2. The standard InChI is InChI=1S/C18H24N6O/c1-12-5-6-15-13(2)21-18(22-16(15)8-12)23-17-19-10-24(11-20-17)9-14-4-3-7-25-14/h5-6,8,14H,3-4,7,9-11H2,1-2H3,(H2,19,20,21,22,23)/t14-/m1/s1. The van der Waals surface area contributed by atoms with E-state index in [4.69, 9.17) is 4.74 Å². The van der Waals surface area contributed by atoms with Crippen LogP contribution in [-0.2, 0) is 4.74 Å². The molecular formula is C18H24N6O. The number of anilines is 1. The van der Waals surface area contributed by atoms with Gasteiger partial charge in [-0.3, -0.25) is 10.2 Å². The summed E-state index contributed by atoms with van der Waals surface area (Å²) in [5, 5.41) is 7.59.